The zero-order chi connectivity index (χ0) is 17.1. The fourth-order valence-electron chi connectivity index (χ4n) is 1.62. The number of anilines is 1. The van der Waals surface area contributed by atoms with Crippen molar-refractivity contribution in [3.05, 3.63) is 29.8 Å². The highest BCUT2D eigenvalue weighted by Crippen LogP contribution is 2.15. The van der Waals surface area contributed by atoms with Crippen LogP contribution in [0.4, 0.5) is 15.3 Å². The Bertz CT molecular complexity index is 547. The van der Waals surface area contributed by atoms with Gasteiger partial charge >= 0.3 is 12.2 Å². The number of benzene rings is 1. The van der Waals surface area contributed by atoms with Gasteiger partial charge in [0.1, 0.15) is 6.61 Å². The van der Waals surface area contributed by atoms with Crippen molar-refractivity contribution in [2.75, 3.05) is 31.7 Å². The van der Waals surface area contributed by atoms with E-state index in [4.69, 9.17) is 9.47 Å². The lowest BCUT2D eigenvalue weighted by Gasteiger charge is -2.11. The number of nitrogens with one attached hydrogen (secondary N) is 2. The molecule has 0 saturated heterocycles. The van der Waals surface area contributed by atoms with Crippen LogP contribution < -0.4 is 10.6 Å². The molecule has 23 heavy (non-hydrogen) atoms. The van der Waals surface area contributed by atoms with Gasteiger partial charge in [0.05, 0.1) is 31.0 Å². The Morgan fingerprint density at radius 1 is 1.00 bits per heavy atom. The summed E-state index contributed by atoms with van der Waals surface area (Å²) in [6.07, 6.45) is -1.43. The molecule has 0 saturated carbocycles. The maximum absolute atomic E-state index is 12.1. The van der Waals surface area contributed by atoms with Crippen molar-refractivity contribution >= 4 is 23.8 Å². The lowest BCUT2D eigenvalue weighted by atomic mass is 10.1. The predicted octanol–water partition coefficient (Wildman–Crippen LogP) is 2.16. The Balaban J connectivity index is 2.52. The van der Waals surface area contributed by atoms with E-state index in [1.165, 1.54) is 0 Å². The van der Waals surface area contributed by atoms with Crippen molar-refractivity contribution in [1.29, 1.82) is 0 Å². The van der Waals surface area contributed by atoms with Crippen LogP contribution in [0.1, 0.15) is 24.2 Å². The van der Waals surface area contributed by atoms with E-state index in [2.05, 4.69) is 15.4 Å². The van der Waals surface area contributed by atoms with E-state index < -0.39 is 18.2 Å². The molecule has 0 aliphatic heterocycles. The number of rotatable bonds is 7. The summed E-state index contributed by atoms with van der Waals surface area (Å²) in [5.74, 6) is -0.412. The van der Waals surface area contributed by atoms with Gasteiger partial charge in [0, 0.05) is 0 Å². The summed E-state index contributed by atoms with van der Waals surface area (Å²) < 4.78 is 14.1. The summed E-state index contributed by atoms with van der Waals surface area (Å²) in [5, 5.41) is 5.07. The van der Waals surface area contributed by atoms with Crippen LogP contribution in [-0.2, 0) is 14.2 Å². The maximum Gasteiger partial charge on any atom is 0.508 e. The number of hydrogen-bond acceptors (Lipinski definition) is 6. The van der Waals surface area contributed by atoms with E-state index in [0.717, 1.165) is 0 Å². The SMILES string of the molecule is CCOC(=O)Nc1ccccc1C(=O)NCCOC(=O)OCC. The van der Waals surface area contributed by atoms with Crippen LogP contribution in [0.15, 0.2) is 24.3 Å². The van der Waals surface area contributed by atoms with Gasteiger partial charge in [0.25, 0.3) is 5.91 Å². The molecule has 2 amide bonds. The highest BCUT2D eigenvalue weighted by atomic mass is 16.7. The molecule has 126 valence electrons. The lowest BCUT2D eigenvalue weighted by Crippen LogP contribution is -2.29. The monoisotopic (exact) mass is 324 g/mol. The zero-order valence-corrected chi connectivity index (χ0v) is 13.1. The van der Waals surface area contributed by atoms with Gasteiger partial charge in [-0.15, -0.1) is 0 Å². The number of ether oxygens (including phenoxy) is 3. The van der Waals surface area contributed by atoms with Crippen LogP contribution in [0, 0.1) is 0 Å². The first-order valence-corrected chi connectivity index (χ1v) is 7.19. The van der Waals surface area contributed by atoms with Crippen molar-refractivity contribution in [2.45, 2.75) is 13.8 Å². The first-order chi connectivity index (χ1) is 11.1. The molecule has 0 aliphatic rings. The molecule has 0 aliphatic carbocycles. The minimum absolute atomic E-state index is 0.0158. The van der Waals surface area contributed by atoms with E-state index in [0.29, 0.717) is 5.69 Å². The maximum atomic E-state index is 12.1. The molecule has 0 fully saturated rings. The van der Waals surface area contributed by atoms with E-state index in [9.17, 15) is 14.4 Å². The second kappa shape index (κ2) is 10.0. The molecule has 0 aromatic heterocycles. The quantitative estimate of drug-likeness (QED) is 0.588. The van der Waals surface area contributed by atoms with Gasteiger partial charge in [-0.3, -0.25) is 10.1 Å². The Labute approximate surface area is 134 Å². The van der Waals surface area contributed by atoms with Gasteiger partial charge in [-0.25, -0.2) is 9.59 Å². The molecular weight excluding hydrogens is 304 g/mol. The van der Waals surface area contributed by atoms with E-state index in [1.54, 1.807) is 38.1 Å². The zero-order valence-electron chi connectivity index (χ0n) is 13.1. The van der Waals surface area contributed by atoms with Crippen molar-refractivity contribution in [3.8, 4) is 0 Å². The lowest BCUT2D eigenvalue weighted by molar-refractivity contribution is 0.0585. The largest absolute Gasteiger partial charge is 0.508 e. The number of hydrogen-bond donors (Lipinski definition) is 2. The molecule has 0 heterocycles. The predicted molar refractivity (Wildman–Crippen MR) is 82.4 cm³/mol. The smallest absolute Gasteiger partial charge is 0.450 e. The molecular formula is C15H20N2O6. The van der Waals surface area contributed by atoms with Crippen molar-refractivity contribution in [3.63, 3.8) is 0 Å². The number of amides is 2. The van der Waals surface area contributed by atoms with Crippen LogP contribution >= 0.6 is 0 Å². The molecule has 0 spiro atoms. The standard InChI is InChI=1S/C15H20N2O6/c1-3-21-14(19)17-12-8-6-5-7-11(12)13(18)16-9-10-23-15(20)22-4-2/h5-8H,3-4,9-10H2,1-2H3,(H,16,18)(H,17,19). The highest BCUT2D eigenvalue weighted by molar-refractivity contribution is 6.02. The summed E-state index contributed by atoms with van der Waals surface area (Å²) in [6, 6.07) is 6.49. The topological polar surface area (TPSA) is 103 Å². The minimum Gasteiger partial charge on any atom is -0.450 e. The number of carbonyl (C=O) groups is 3. The highest BCUT2D eigenvalue weighted by Gasteiger charge is 2.13. The first-order valence-electron chi connectivity index (χ1n) is 7.19. The van der Waals surface area contributed by atoms with Crippen LogP contribution in [0.3, 0.4) is 0 Å². The summed E-state index contributed by atoms with van der Waals surface area (Å²) in [7, 11) is 0. The minimum atomic E-state index is -0.786. The fourth-order valence-corrected chi connectivity index (χ4v) is 1.62. The molecule has 1 aromatic carbocycles. The van der Waals surface area contributed by atoms with E-state index >= 15 is 0 Å². The Morgan fingerprint density at radius 2 is 1.70 bits per heavy atom. The molecule has 8 heteroatoms. The van der Waals surface area contributed by atoms with Gasteiger partial charge in [-0.2, -0.15) is 0 Å². The van der Waals surface area contributed by atoms with Gasteiger partial charge < -0.3 is 19.5 Å². The van der Waals surface area contributed by atoms with Crippen LogP contribution in [0.5, 0.6) is 0 Å². The van der Waals surface area contributed by atoms with E-state index in [1.807, 2.05) is 0 Å². The summed E-state index contributed by atoms with van der Waals surface area (Å²) in [4.78, 5) is 34.5. The summed E-state index contributed by atoms with van der Waals surface area (Å²) in [5.41, 5.74) is 0.603. The second-order valence-electron chi connectivity index (χ2n) is 4.18. The van der Waals surface area contributed by atoms with Gasteiger partial charge in [0.2, 0.25) is 0 Å². The number of carbonyl (C=O) groups excluding carboxylic acids is 3. The Hall–Kier alpha value is -2.77. The fraction of sp³-hybridized carbons (Fsp3) is 0.400. The van der Waals surface area contributed by atoms with Gasteiger partial charge in [0.15, 0.2) is 0 Å². The van der Waals surface area contributed by atoms with Crippen LogP contribution in [0.25, 0.3) is 0 Å². The molecule has 1 rings (SSSR count). The van der Waals surface area contributed by atoms with Gasteiger partial charge in [-0.05, 0) is 26.0 Å². The Morgan fingerprint density at radius 3 is 2.39 bits per heavy atom. The van der Waals surface area contributed by atoms with E-state index in [-0.39, 0.29) is 31.9 Å². The number of para-hydroxylation sites is 1. The molecule has 0 radical (unpaired) electrons. The third-order valence-electron chi connectivity index (χ3n) is 2.55. The molecule has 2 N–H and O–H groups in total. The molecule has 0 atom stereocenters. The van der Waals surface area contributed by atoms with Gasteiger partial charge in [-0.1, -0.05) is 12.1 Å². The molecule has 0 unspecified atom stereocenters. The third kappa shape index (κ3) is 6.68. The van der Waals surface area contributed by atoms with Crippen LogP contribution in [0.2, 0.25) is 0 Å². The molecule has 0 bridgehead atoms. The van der Waals surface area contributed by atoms with Crippen molar-refractivity contribution in [2.24, 2.45) is 0 Å². The normalized spacial score (nSPS) is 9.65. The van der Waals surface area contributed by atoms with Crippen LogP contribution in [-0.4, -0.2) is 44.5 Å². The van der Waals surface area contributed by atoms with Crippen molar-refractivity contribution < 1.29 is 28.6 Å². The van der Waals surface area contributed by atoms with Crippen molar-refractivity contribution in [1.82, 2.24) is 5.32 Å². The summed E-state index contributed by atoms with van der Waals surface area (Å²) >= 11 is 0. The average molecular weight is 324 g/mol. The average Bonchev–Trinajstić information content (AvgIpc) is 2.52. The molecule has 8 nitrogen and oxygen atoms in total. The Kier molecular flexibility index (Phi) is 7.98. The molecule has 1 aromatic rings. The third-order valence-corrected chi connectivity index (χ3v) is 2.55. The first kappa shape index (κ1) is 18.3. The second-order valence-corrected chi connectivity index (χ2v) is 4.18. The summed E-state index contributed by atoms with van der Waals surface area (Å²) in [6.45, 7) is 3.89.